The van der Waals surface area contributed by atoms with Crippen molar-refractivity contribution in [2.24, 2.45) is 0 Å². The first-order valence-corrected chi connectivity index (χ1v) is 4.82. The topological polar surface area (TPSA) is 0 Å². The molecule has 0 atom stereocenters. The van der Waals surface area contributed by atoms with Crippen LogP contribution < -0.4 is 0 Å². The Bertz CT molecular complexity index is 365. The Morgan fingerprint density at radius 3 is 2.50 bits per heavy atom. The monoisotopic (exact) mass is 182 g/mol. The molecule has 0 heteroatoms. The summed E-state index contributed by atoms with van der Waals surface area (Å²) in [6.45, 7) is 1.84. The highest BCUT2D eigenvalue weighted by Gasteiger charge is 1.86. The molecular formula is C14H14. The van der Waals surface area contributed by atoms with Crippen molar-refractivity contribution in [3.63, 3.8) is 0 Å². The molecule has 1 aromatic carbocycles. The number of aryl methyl sites for hydroxylation is 1. The summed E-state index contributed by atoms with van der Waals surface area (Å²) in [6.07, 6.45) is 2.66. The van der Waals surface area contributed by atoms with Gasteiger partial charge in [-0.25, -0.2) is 0 Å². The second-order valence-corrected chi connectivity index (χ2v) is 2.94. The predicted octanol–water partition coefficient (Wildman–Crippen LogP) is 3.04. The van der Waals surface area contributed by atoms with Gasteiger partial charge in [0.25, 0.3) is 0 Å². The van der Waals surface area contributed by atoms with Gasteiger partial charge in [-0.1, -0.05) is 42.2 Å². The van der Waals surface area contributed by atoms with Crippen LogP contribution in [0.25, 0.3) is 0 Å². The molecule has 0 aromatic heterocycles. The van der Waals surface area contributed by atoms with Crippen LogP contribution in [-0.4, -0.2) is 0 Å². The predicted molar refractivity (Wildman–Crippen MR) is 60.6 cm³/mol. The molecule has 0 nitrogen and oxygen atoms in total. The number of hydrogen-bond donors (Lipinski definition) is 0. The third-order valence-electron chi connectivity index (χ3n) is 1.86. The second kappa shape index (κ2) is 6.81. The maximum Gasteiger partial charge on any atom is 0.0702 e. The van der Waals surface area contributed by atoms with Gasteiger partial charge in [0, 0.05) is 6.42 Å². The number of hydrogen-bond acceptors (Lipinski definition) is 0. The van der Waals surface area contributed by atoms with E-state index in [0.717, 1.165) is 12.8 Å². The van der Waals surface area contributed by atoms with Crippen molar-refractivity contribution in [1.29, 1.82) is 0 Å². The zero-order chi connectivity index (χ0) is 10.1. The molecule has 14 heavy (non-hydrogen) atoms. The third kappa shape index (κ3) is 4.39. The minimum absolute atomic E-state index is 0.700. The number of benzene rings is 1. The van der Waals surface area contributed by atoms with Crippen LogP contribution in [0, 0.1) is 23.7 Å². The Balaban J connectivity index is 2.26. The molecule has 0 bridgehead atoms. The third-order valence-corrected chi connectivity index (χ3v) is 1.86. The molecular weight excluding hydrogens is 168 g/mol. The lowest BCUT2D eigenvalue weighted by Gasteiger charge is -1.94. The van der Waals surface area contributed by atoms with Crippen LogP contribution in [0.3, 0.4) is 0 Å². The fourth-order valence-electron chi connectivity index (χ4n) is 1.13. The van der Waals surface area contributed by atoms with Crippen LogP contribution in [0.4, 0.5) is 0 Å². The van der Waals surface area contributed by atoms with Gasteiger partial charge >= 0.3 is 0 Å². The molecule has 0 saturated carbocycles. The molecule has 0 N–H and O–H groups in total. The van der Waals surface area contributed by atoms with Gasteiger partial charge in [-0.15, -0.1) is 11.8 Å². The van der Waals surface area contributed by atoms with Crippen molar-refractivity contribution in [3.05, 3.63) is 35.9 Å². The summed E-state index contributed by atoms with van der Waals surface area (Å²) >= 11 is 0. The van der Waals surface area contributed by atoms with E-state index in [-0.39, 0.29) is 0 Å². The molecule has 0 aliphatic carbocycles. The zero-order valence-corrected chi connectivity index (χ0v) is 8.51. The van der Waals surface area contributed by atoms with Gasteiger partial charge < -0.3 is 0 Å². The quantitative estimate of drug-likeness (QED) is 0.617. The minimum Gasteiger partial charge on any atom is -0.106 e. The molecule has 0 aliphatic heterocycles. The fourth-order valence-corrected chi connectivity index (χ4v) is 1.13. The average Bonchev–Trinajstić information content (AvgIpc) is 2.25. The molecule has 1 aromatic rings. The molecule has 0 unspecified atom stereocenters. The van der Waals surface area contributed by atoms with Crippen molar-refractivity contribution in [3.8, 4) is 23.7 Å². The van der Waals surface area contributed by atoms with Crippen LogP contribution in [-0.2, 0) is 6.42 Å². The van der Waals surface area contributed by atoms with Crippen molar-refractivity contribution in [2.45, 2.75) is 26.2 Å². The first-order valence-electron chi connectivity index (χ1n) is 4.82. The molecule has 1 rings (SSSR count). The van der Waals surface area contributed by atoms with Gasteiger partial charge in [0.05, 0.1) is 6.42 Å². The summed E-state index contributed by atoms with van der Waals surface area (Å²) in [7, 11) is 0. The van der Waals surface area contributed by atoms with Gasteiger partial charge in [-0.2, -0.15) is 0 Å². The van der Waals surface area contributed by atoms with Crippen LogP contribution in [0.15, 0.2) is 30.3 Å². The number of rotatable bonds is 2. The van der Waals surface area contributed by atoms with Gasteiger partial charge in [0.15, 0.2) is 0 Å². The van der Waals surface area contributed by atoms with E-state index in [1.54, 1.807) is 0 Å². The van der Waals surface area contributed by atoms with Gasteiger partial charge in [-0.3, -0.25) is 0 Å². The van der Waals surface area contributed by atoms with Gasteiger partial charge in [-0.05, 0) is 18.9 Å². The van der Waals surface area contributed by atoms with E-state index < -0.39 is 0 Å². The van der Waals surface area contributed by atoms with Gasteiger partial charge in [0.1, 0.15) is 0 Å². The summed E-state index contributed by atoms with van der Waals surface area (Å²) in [5, 5.41) is 0. The Morgan fingerprint density at radius 2 is 1.79 bits per heavy atom. The van der Waals surface area contributed by atoms with E-state index in [1.807, 2.05) is 13.0 Å². The second-order valence-electron chi connectivity index (χ2n) is 2.94. The normalized spacial score (nSPS) is 8.07. The summed E-state index contributed by atoms with van der Waals surface area (Å²) in [6, 6.07) is 10.4. The first kappa shape index (κ1) is 10.4. The first-order chi connectivity index (χ1) is 6.93. The molecule has 0 radical (unpaired) electrons. The molecule has 0 heterocycles. The maximum absolute atomic E-state index is 3.12. The average molecular weight is 182 g/mol. The largest absolute Gasteiger partial charge is 0.106 e. The lowest BCUT2D eigenvalue weighted by Crippen LogP contribution is -1.81. The molecule has 0 fully saturated rings. The van der Waals surface area contributed by atoms with Gasteiger partial charge in [0.2, 0.25) is 0 Å². The highest BCUT2D eigenvalue weighted by molar-refractivity contribution is 5.17. The van der Waals surface area contributed by atoms with Crippen LogP contribution in [0.2, 0.25) is 0 Å². The lowest BCUT2D eigenvalue weighted by molar-refractivity contribution is 1.03. The Morgan fingerprint density at radius 1 is 1.00 bits per heavy atom. The minimum atomic E-state index is 0.700. The summed E-state index contributed by atoms with van der Waals surface area (Å²) < 4.78 is 0. The summed E-state index contributed by atoms with van der Waals surface area (Å²) in [4.78, 5) is 0. The van der Waals surface area contributed by atoms with Crippen LogP contribution in [0.5, 0.6) is 0 Å². The zero-order valence-electron chi connectivity index (χ0n) is 8.51. The van der Waals surface area contributed by atoms with Crippen molar-refractivity contribution in [2.75, 3.05) is 0 Å². The van der Waals surface area contributed by atoms with E-state index in [9.17, 15) is 0 Å². The van der Waals surface area contributed by atoms with E-state index in [0.29, 0.717) is 6.42 Å². The Labute approximate surface area is 86.3 Å². The Hall–Kier alpha value is -1.66. The van der Waals surface area contributed by atoms with Crippen LogP contribution >= 0.6 is 0 Å². The highest BCUT2D eigenvalue weighted by atomic mass is 13.9. The van der Waals surface area contributed by atoms with E-state index in [4.69, 9.17) is 0 Å². The maximum atomic E-state index is 3.12. The molecule has 0 aliphatic rings. The smallest absolute Gasteiger partial charge is 0.0702 e. The van der Waals surface area contributed by atoms with E-state index in [1.165, 1.54) is 5.56 Å². The van der Waals surface area contributed by atoms with Crippen LogP contribution in [0.1, 0.15) is 25.3 Å². The molecule has 0 spiro atoms. The van der Waals surface area contributed by atoms with E-state index in [2.05, 4.69) is 47.9 Å². The standard InChI is InChI=1S/C14H14/c1-2-3-4-5-6-8-11-14-12-9-7-10-13-14/h7,9-10,12-13H,4,8,11H2,1H3. The Kier molecular flexibility index (Phi) is 5.07. The van der Waals surface area contributed by atoms with Crippen molar-refractivity contribution >= 4 is 0 Å². The highest BCUT2D eigenvalue weighted by Crippen LogP contribution is 2.00. The molecule has 0 amide bonds. The van der Waals surface area contributed by atoms with Crippen molar-refractivity contribution in [1.82, 2.24) is 0 Å². The van der Waals surface area contributed by atoms with Crippen molar-refractivity contribution < 1.29 is 0 Å². The SMILES string of the molecule is CC#CCC#CCCc1ccccc1. The lowest BCUT2D eigenvalue weighted by atomic mass is 10.1. The summed E-state index contributed by atoms with van der Waals surface area (Å²) in [5.74, 6) is 11.9. The fraction of sp³-hybridized carbons (Fsp3) is 0.286. The molecule has 0 saturated heterocycles. The summed E-state index contributed by atoms with van der Waals surface area (Å²) in [5.41, 5.74) is 1.35. The molecule has 70 valence electrons. The van der Waals surface area contributed by atoms with E-state index >= 15 is 0 Å².